The number of hydrogen-bond acceptors (Lipinski definition) is 2. The van der Waals surface area contributed by atoms with E-state index in [0.717, 1.165) is 18.6 Å². The van der Waals surface area contributed by atoms with E-state index in [1.807, 2.05) is 0 Å². The molecule has 2 aromatic rings. The third-order valence-electron chi connectivity index (χ3n) is 5.82. The van der Waals surface area contributed by atoms with Gasteiger partial charge in [0, 0.05) is 37.8 Å². The van der Waals surface area contributed by atoms with Crippen LogP contribution in [0.3, 0.4) is 0 Å². The van der Waals surface area contributed by atoms with E-state index in [-0.39, 0.29) is 0 Å². The summed E-state index contributed by atoms with van der Waals surface area (Å²) in [5.41, 5.74) is 4.06. The zero-order valence-corrected chi connectivity index (χ0v) is 14.9. The molecule has 2 bridgehead atoms. The van der Waals surface area contributed by atoms with Crippen LogP contribution in [0.5, 0.6) is 0 Å². The molecule has 2 heterocycles. The lowest BCUT2D eigenvalue weighted by Gasteiger charge is -2.42. The van der Waals surface area contributed by atoms with Crippen LogP contribution in [0.15, 0.2) is 54.6 Å². The van der Waals surface area contributed by atoms with Crippen LogP contribution in [0.4, 0.5) is 0 Å². The van der Waals surface area contributed by atoms with E-state index < -0.39 is 0 Å². The molecule has 2 aliphatic rings. The maximum absolute atomic E-state index is 2.76. The van der Waals surface area contributed by atoms with Gasteiger partial charge in [0.15, 0.2) is 0 Å². The minimum atomic E-state index is 0.681. The summed E-state index contributed by atoms with van der Waals surface area (Å²) in [5.74, 6) is 0. The van der Waals surface area contributed by atoms with E-state index >= 15 is 0 Å². The summed E-state index contributed by atoms with van der Waals surface area (Å²) in [4.78, 5) is 5.42. The highest BCUT2D eigenvalue weighted by Crippen LogP contribution is 2.32. The van der Waals surface area contributed by atoms with Gasteiger partial charge < -0.3 is 0 Å². The Morgan fingerprint density at radius 1 is 0.833 bits per heavy atom. The minimum Gasteiger partial charge on any atom is -0.298 e. The van der Waals surface area contributed by atoms with Crippen molar-refractivity contribution in [2.75, 3.05) is 13.1 Å². The fourth-order valence-electron chi connectivity index (χ4n) is 4.35. The smallest absolute Gasteiger partial charge is 0.0240 e. The molecule has 2 heteroatoms. The number of likely N-dealkylation sites (tertiary alicyclic amines) is 1. The maximum Gasteiger partial charge on any atom is 0.0240 e. The van der Waals surface area contributed by atoms with Crippen LogP contribution < -0.4 is 0 Å². The van der Waals surface area contributed by atoms with Crippen LogP contribution in [0.25, 0.3) is 11.1 Å². The average Bonchev–Trinajstić information content (AvgIpc) is 2.84. The first kappa shape index (κ1) is 15.9. The predicted octanol–water partition coefficient (Wildman–Crippen LogP) is 4.41. The Kier molecular flexibility index (Phi) is 4.43. The van der Waals surface area contributed by atoms with Gasteiger partial charge in [-0.2, -0.15) is 0 Å². The van der Waals surface area contributed by atoms with Crippen LogP contribution >= 0.6 is 0 Å². The quantitative estimate of drug-likeness (QED) is 0.823. The van der Waals surface area contributed by atoms with Crippen molar-refractivity contribution in [3.63, 3.8) is 0 Å². The standard InChI is InChI=1S/C22H28N2/c1-17(2)23-15-21-12-13-22(16-23)24(21)14-18-8-10-20(11-9-18)19-6-4-3-5-7-19/h3-11,17,21-22H,12-16H2,1-2H3. The lowest BCUT2D eigenvalue weighted by Crippen LogP contribution is -2.54. The molecule has 2 fully saturated rings. The number of rotatable bonds is 4. The van der Waals surface area contributed by atoms with E-state index in [1.165, 1.54) is 42.6 Å². The second-order valence-electron chi connectivity index (χ2n) is 7.67. The monoisotopic (exact) mass is 320 g/mol. The molecule has 2 nitrogen and oxygen atoms in total. The number of benzene rings is 2. The molecule has 4 rings (SSSR count). The number of fused-ring (bicyclic) bond motifs is 2. The highest BCUT2D eigenvalue weighted by molar-refractivity contribution is 5.63. The molecular formula is C22H28N2. The minimum absolute atomic E-state index is 0.681. The van der Waals surface area contributed by atoms with E-state index in [9.17, 15) is 0 Å². The molecule has 24 heavy (non-hydrogen) atoms. The van der Waals surface area contributed by atoms with E-state index in [4.69, 9.17) is 0 Å². The number of nitrogens with zero attached hydrogens (tertiary/aromatic N) is 2. The van der Waals surface area contributed by atoms with Crippen molar-refractivity contribution in [3.8, 4) is 11.1 Å². The summed E-state index contributed by atoms with van der Waals surface area (Å²) in [6.07, 6.45) is 2.74. The van der Waals surface area contributed by atoms with Gasteiger partial charge in [0.2, 0.25) is 0 Å². The van der Waals surface area contributed by atoms with Gasteiger partial charge in [-0.3, -0.25) is 9.80 Å². The molecule has 0 N–H and O–H groups in total. The second kappa shape index (κ2) is 6.70. The number of hydrogen-bond donors (Lipinski definition) is 0. The molecule has 126 valence electrons. The van der Waals surface area contributed by atoms with Crippen molar-refractivity contribution in [1.82, 2.24) is 9.80 Å². The van der Waals surface area contributed by atoms with Crippen LogP contribution in [-0.4, -0.2) is 41.0 Å². The van der Waals surface area contributed by atoms with Crippen molar-refractivity contribution in [2.24, 2.45) is 0 Å². The summed E-state index contributed by atoms with van der Waals surface area (Å²) in [5, 5.41) is 0. The fourth-order valence-corrected chi connectivity index (χ4v) is 4.35. The SMILES string of the molecule is CC(C)N1CC2CCC(C1)N2Cc1ccc(-c2ccccc2)cc1. The van der Waals surface area contributed by atoms with Gasteiger partial charge in [-0.15, -0.1) is 0 Å². The summed E-state index contributed by atoms with van der Waals surface area (Å²) < 4.78 is 0. The van der Waals surface area contributed by atoms with Crippen LogP contribution in [0, 0.1) is 0 Å². The lowest BCUT2D eigenvalue weighted by molar-refractivity contribution is 0.0442. The highest BCUT2D eigenvalue weighted by Gasteiger charge is 2.40. The summed E-state index contributed by atoms with van der Waals surface area (Å²) in [6, 6.07) is 22.0. The average molecular weight is 320 g/mol. The summed E-state index contributed by atoms with van der Waals surface area (Å²) >= 11 is 0. The molecule has 2 atom stereocenters. The normalized spacial score (nSPS) is 24.6. The molecule has 0 saturated carbocycles. The molecule has 2 unspecified atom stereocenters. The molecule has 2 aromatic carbocycles. The van der Waals surface area contributed by atoms with Crippen LogP contribution in [0.1, 0.15) is 32.3 Å². The second-order valence-corrected chi connectivity index (χ2v) is 7.67. The molecule has 0 radical (unpaired) electrons. The Morgan fingerprint density at radius 3 is 2.00 bits per heavy atom. The molecule has 0 spiro atoms. The predicted molar refractivity (Wildman–Crippen MR) is 101 cm³/mol. The Bertz CT molecular complexity index is 648. The van der Waals surface area contributed by atoms with Crippen molar-refractivity contribution >= 4 is 0 Å². The van der Waals surface area contributed by atoms with Crippen molar-refractivity contribution in [1.29, 1.82) is 0 Å². The van der Waals surface area contributed by atoms with Crippen molar-refractivity contribution in [3.05, 3.63) is 60.2 Å². The lowest BCUT2D eigenvalue weighted by atomic mass is 10.0. The topological polar surface area (TPSA) is 6.48 Å². The molecule has 0 aliphatic carbocycles. The molecule has 2 saturated heterocycles. The summed E-state index contributed by atoms with van der Waals surface area (Å²) in [6.45, 7) is 8.26. The molecule has 2 aliphatic heterocycles. The Morgan fingerprint density at radius 2 is 1.42 bits per heavy atom. The summed E-state index contributed by atoms with van der Waals surface area (Å²) in [7, 11) is 0. The Hall–Kier alpha value is -1.64. The van der Waals surface area contributed by atoms with Gasteiger partial charge in [0.25, 0.3) is 0 Å². The highest BCUT2D eigenvalue weighted by atomic mass is 15.3. The third-order valence-corrected chi connectivity index (χ3v) is 5.82. The van der Waals surface area contributed by atoms with Crippen molar-refractivity contribution in [2.45, 2.75) is 51.4 Å². The van der Waals surface area contributed by atoms with Gasteiger partial charge in [-0.25, -0.2) is 0 Å². The zero-order chi connectivity index (χ0) is 16.5. The number of piperazine rings is 1. The van der Waals surface area contributed by atoms with E-state index in [2.05, 4.69) is 78.2 Å². The largest absolute Gasteiger partial charge is 0.298 e. The molecular weight excluding hydrogens is 292 g/mol. The molecule has 0 aromatic heterocycles. The van der Waals surface area contributed by atoms with Gasteiger partial charge in [-0.1, -0.05) is 54.6 Å². The molecule has 0 amide bonds. The Balaban J connectivity index is 1.45. The van der Waals surface area contributed by atoms with Crippen LogP contribution in [0.2, 0.25) is 0 Å². The maximum atomic E-state index is 2.76. The van der Waals surface area contributed by atoms with Gasteiger partial charge >= 0.3 is 0 Å². The van der Waals surface area contributed by atoms with E-state index in [1.54, 1.807) is 0 Å². The van der Waals surface area contributed by atoms with Gasteiger partial charge in [0.1, 0.15) is 0 Å². The fraction of sp³-hybridized carbons (Fsp3) is 0.455. The Labute approximate surface area is 146 Å². The van der Waals surface area contributed by atoms with Crippen molar-refractivity contribution < 1.29 is 0 Å². The first-order valence-corrected chi connectivity index (χ1v) is 9.35. The van der Waals surface area contributed by atoms with E-state index in [0.29, 0.717) is 6.04 Å². The van der Waals surface area contributed by atoms with Gasteiger partial charge in [0.05, 0.1) is 0 Å². The zero-order valence-electron chi connectivity index (χ0n) is 14.9. The first-order valence-electron chi connectivity index (χ1n) is 9.35. The third kappa shape index (κ3) is 3.13. The first-order chi connectivity index (χ1) is 11.7. The van der Waals surface area contributed by atoms with Gasteiger partial charge in [-0.05, 0) is 43.4 Å². The van der Waals surface area contributed by atoms with Crippen LogP contribution in [-0.2, 0) is 6.54 Å².